The minimum Gasteiger partial charge on any atom is -0.103 e. The summed E-state index contributed by atoms with van der Waals surface area (Å²) < 4.78 is 0. The summed E-state index contributed by atoms with van der Waals surface area (Å²) in [6.07, 6.45) is 12.4. The van der Waals surface area contributed by atoms with E-state index in [9.17, 15) is 0 Å². The zero-order chi connectivity index (χ0) is 25.0. The van der Waals surface area contributed by atoms with Crippen LogP contribution in [0.3, 0.4) is 0 Å². The molecule has 0 heterocycles. The van der Waals surface area contributed by atoms with Crippen LogP contribution in [-0.2, 0) is 0 Å². The number of benzene rings is 4. The van der Waals surface area contributed by atoms with Crippen LogP contribution in [0.4, 0.5) is 0 Å². The Hall–Kier alpha value is -4.16. The van der Waals surface area contributed by atoms with Gasteiger partial charge in [0.25, 0.3) is 0 Å². The first-order chi connectivity index (χ1) is 17.8. The van der Waals surface area contributed by atoms with E-state index in [2.05, 4.69) is 135 Å². The van der Waals surface area contributed by atoms with E-state index < -0.39 is 0 Å². The third-order valence-corrected chi connectivity index (χ3v) is 6.36. The first-order valence-corrected chi connectivity index (χ1v) is 12.7. The fourth-order valence-electron chi connectivity index (χ4n) is 4.37. The Morgan fingerprint density at radius 2 is 0.833 bits per heavy atom. The quantitative estimate of drug-likeness (QED) is 0.152. The second kappa shape index (κ2) is 13.1. The van der Waals surface area contributed by atoms with Crippen molar-refractivity contribution in [2.45, 2.75) is 25.7 Å². The van der Waals surface area contributed by atoms with Crippen molar-refractivity contribution in [3.05, 3.63) is 157 Å². The van der Waals surface area contributed by atoms with Crippen LogP contribution in [0.25, 0.3) is 34.4 Å². The molecule has 0 fully saturated rings. The van der Waals surface area contributed by atoms with E-state index in [1.807, 2.05) is 12.2 Å². The van der Waals surface area contributed by atoms with Crippen molar-refractivity contribution in [2.24, 2.45) is 0 Å². The molecule has 0 spiro atoms. The van der Waals surface area contributed by atoms with Gasteiger partial charge >= 0.3 is 0 Å². The maximum absolute atomic E-state index is 3.91. The van der Waals surface area contributed by atoms with E-state index in [4.69, 9.17) is 0 Å². The molecule has 178 valence electrons. The summed E-state index contributed by atoms with van der Waals surface area (Å²) in [5.41, 5.74) is 10.1. The molecule has 0 heteroatoms. The minimum absolute atomic E-state index is 0.965. The molecule has 0 saturated heterocycles. The van der Waals surface area contributed by atoms with E-state index in [1.165, 1.54) is 44.5 Å². The molecule has 0 amide bonds. The van der Waals surface area contributed by atoms with Crippen molar-refractivity contribution in [2.75, 3.05) is 0 Å². The lowest BCUT2D eigenvalue weighted by atomic mass is 9.94. The highest BCUT2D eigenvalue weighted by molar-refractivity contribution is 5.84. The lowest BCUT2D eigenvalue weighted by Gasteiger charge is -2.11. The summed E-state index contributed by atoms with van der Waals surface area (Å²) in [5.74, 6) is 0. The number of hydrogen-bond acceptors (Lipinski definition) is 0. The fraction of sp³-hybridized carbons (Fsp3) is 0.111. The van der Waals surface area contributed by atoms with Crippen LogP contribution in [0, 0.1) is 0 Å². The zero-order valence-electron chi connectivity index (χ0n) is 20.9. The van der Waals surface area contributed by atoms with Crippen molar-refractivity contribution in [3.8, 4) is 11.1 Å². The molecule has 0 atom stereocenters. The van der Waals surface area contributed by atoms with Crippen LogP contribution in [0.1, 0.15) is 47.9 Å². The Morgan fingerprint density at radius 1 is 0.472 bits per heavy atom. The molecule has 0 nitrogen and oxygen atoms in total. The molecule has 0 aliphatic heterocycles. The lowest BCUT2D eigenvalue weighted by molar-refractivity contribution is 1.08. The van der Waals surface area contributed by atoms with Crippen LogP contribution in [0.2, 0.25) is 0 Å². The maximum Gasteiger partial charge on any atom is -0.0184 e. The van der Waals surface area contributed by atoms with Gasteiger partial charge in [-0.1, -0.05) is 133 Å². The standard InChI is InChI=1S/C36H34/c1-3-5-17-35(27-29-13-9-7-10-14-29)33-23-19-31(20-24-33)32-21-25-34(26-22-32)36(18-6-4-2)28-30-15-11-8-12-16-30/h3-4,7-16,19-28H,1-2,5-6,17-18H2. The predicted octanol–water partition coefficient (Wildman–Crippen LogP) is 10.4. The van der Waals surface area contributed by atoms with Gasteiger partial charge in [-0.05, 0) is 70.2 Å². The molecule has 0 aromatic heterocycles. The first-order valence-electron chi connectivity index (χ1n) is 12.7. The first kappa shape index (κ1) is 24.9. The van der Waals surface area contributed by atoms with Crippen molar-refractivity contribution >= 4 is 23.3 Å². The van der Waals surface area contributed by atoms with Crippen molar-refractivity contribution in [1.82, 2.24) is 0 Å². The van der Waals surface area contributed by atoms with E-state index in [0.29, 0.717) is 0 Å². The Kier molecular flexibility index (Phi) is 9.06. The molecule has 0 bridgehead atoms. The Bertz CT molecular complexity index is 1200. The van der Waals surface area contributed by atoms with Crippen LogP contribution in [0.15, 0.2) is 135 Å². The molecule has 4 aromatic carbocycles. The van der Waals surface area contributed by atoms with Gasteiger partial charge in [-0.3, -0.25) is 0 Å². The molecule has 0 aliphatic carbocycles. The summed E-state index contributed by atoms with van der Waals surface area (Å²) in [7, 11) is 0. The van der Waals surface area contributed by atoms with Gasteiger partial charge in [0.15, 0.2) is 0 Å². The molecule has 0 saturated carbocycles. The highest BCUT2D eigenvalue weighted by Crippen LogP contribution is 2.29. The van der Waals surface area contributed by atoms with Crippen molar-refractivity contribution < 1.29 is 0 Å². The molecule has 4 aromatic rings. The molecular formula is C36H34. The third-order valence-electron chi connectivity index (χ3n) is 6.36. The number of rotatable bonds is 11. The number of allylic oxidation sites excluding steroid dienone is 4. The maximum atomic E-state index is 3.91. The predicted molar refractivity (Wildman–Crippen MR) is 159 cm³/mol. The van der Waals surface area contributed by atoms with E-state index in [-0.39, 0.29) is 0 Å². The molecule has 0 radical (unpaired) electrons. The summed E-state index contributed by atoms with van der Waals surface area (Å²) in [6, 6.07) is 39.0. The van der Waals surface area contributed by atoms with Crippen molar-refractivity contribution in [3.63, 3.8) is 0 Å². The van der Waals surface area contributed by atoms with Crippen molar-refractivity contribution in [1.29, 1.82) is 0 Å². The van der Waals surface area contributed by atoms with Crippen LogP contribution in [0.5, 0.6) is 0 Å². The van der Waals surface area contributed by atoms with Gasteiger partial charge in [0.2, 0.25) is 0 Å². The van der Waals surface area contributed by atoms with Crippen LogP contribution >= 0.6 is 0 Å². The summed E-state index contributed by atoms with van der Waals surface area (Å²) in [6.45, 7) is 7.82. The normalized spacial score (nSPS) is 11.8. The van der Waals surface area contributed by atoms with E-state index in [0.717, 1.165) is 25.7 Å². The average Bonchev–Trinajstić information content (AvgIpc) is 2.94. The summed E-state index contributed by atoms with van der Waals surface area (Å²) >= 11 is 0. The Morgan fingerprint density at radius 3 is 1.17 bits per heavy atom. The summed E-state index contributed by atoms with van der Waals surface area (Å²) in [4.78, 5) is 0. The largest absolute Gasteiger partial charge is 0.103 e. The van der Waals surface area contributed by atoms with E-state index >= 15 is 0 Å². The zero-order valence-corrected chi connectivity index (χ0v) is 20.9. The second-order valence-corrected chi connectivity index (χ2v) is 8.97. The SMILES string of the molecule is C=CCCC(=Cc1ccccc1)c1ccc(-c2ccc(C(=Cc3ccccc3)CCC=C)cc2)cc1. The van der Waals surface area contributed by atoms with Gasteiger partial charge in [0.05, 0.1) is 0 Å². The smallest absolute Gasteiger partial charge is 0.0184 e. The van der Waals surface area contributed by atoms with Gasteiger partial charge in [0.1, 0.15) is 0 Å². The topological polar surface area (TPSA) is 0 Å². The van der Waals surface area contributed by atoms with Crippen LogP contribution < -0.4 is 0 Å². The number of hydrogen-bond donors (Lipinski definition) is 0. The Balaban J connectivity index is 1.56. The molecule has 4 rings (SSSR count). The molecule has 0 N–H and O–H groups in total. The monoisotopic (exact) mass is 466 g/mol. The average molecular weight is 467 g/mol. The lowest BCUT2D eigenvalue weighted by Crippen LogP contribution is -1.88. The third kappa shape index (κ3) is 6.93. The van der Waals surface area contributed by atoms with Gasteiger partial charge in [-0.2, -0.15) is 0 Å². The molecular weight excluding hydrogens is 432 g/mol. The molecule has 0 unspecified atom stereocenters. The second-order valence-electron chi connectivity index (χ2n) is 8.97. The highest BCUT2D eigenvalue weighted by Gasteiger charge is 2.06. The highest BCUT2D eigenvalue weighted by atomic mass is 14.1. The minimum atomic E-state index is 0.965. The van der Waals surface area contributed by atoms with Gasteiger partial charge in [0, 0.05) is 0 Å². The molecule has 36 heavy (non-hydrogen) atoms. The van der Waals surface area contributed by atoms with E-state index in [1.54, 1.807) is 0 Å². The van der Waals surface area contributed by atoms with Gasteiger partial charge < -0.3 is 0 Å². The fourth-order valence-corrected chi connectivity index (χ4v) is 4.37. The van der Waals surface area contributed by atoms with Gasteiger partial charge in [-0.25, -0.2) is 0 Å². The Labute approximate surface area is 216 Å². The van der Waals surface area contributed by atoms with Crippen LogP contribution in [-0.4, -0.2) is 0 Å². The molecule has 0 aliphatic rings. The van der Waals surface area contributed by atoms with Gasteiger partial charge in [-0.15, -0.1) is 13.2 Å². The summed E-state index contributed by atoms with van der Waals surface area (Å²) in [5, 5.41) is 0.